The van der Waals surface area contributed by atoms with Gasteiger partial charge in [0.1, 0.15) is 5.15 Å². The Morgan fingerprint density at radius 3 is 2.72 bits per heavy atom. The first-order valence-corrected chi connectivity index (χ1v) is 5.80. The van der Waals surface area contributed by atoms with Crippen LogP contribution in [0, 0.1) is 0 Å². The highest BCUT2D eigenvalue weighted by atomic mass is 35.5. The zero-order chi connectivity index (χ0) is 13.1. The van der Waals surface area contributed by atoms with E-state index in [0.29, 0.717) is 11.3 Å². The van der Waals surface area contributed by atoms with Crippen LogP contribution in [-0.4, -0.2) is 21.1 Å². The molecule has 2 heterocycles. The maximum absolute atomic E-state index is 12.3. The first-order chi connectivity index (χ1) is 8.56. The number of hydrogen-bond acceptors (Lipinski definition) is 5. The lowest BCUT2D eigenvalue weighted by Gasteiger charge is -2.00. The van der Waals surface area contributed by atoms with Gasteiger partial charge in [-0.3, -0.25) is 10.1 Å². The summed E-state index contributed by atoms with van der Waals surface area (Å²) in [6, 6.07) is 2.90. The van der Waals surface area contributed by atoms with E-state index in [0.717, 1.165) is 0 Å². The van der Waals surface area contributed by atoms with E-state index >= 15 is 0 Å². The fraction of sp³-hybridized carbons (Fsp3) is 0.111. The molecular formula is C9H5ClF2N4OS. The number of halogens is 3. The van der Waals surface area contributed by atoms with E-state index in [9.17, 15) is 13.6 Å². The maximum atomic E-state index is 12.3. The van der Waals surface area contributed by atoms with Crippen LogP contribution in [-0.2, 0) is 0 Å². The van der Waals surface area contributed by atoms with Gasteiger partial charge in [-0.05, 0) is 12.1 Å². The first-order valence-electron chi connectivity index (χ1n) is 4.60. The molecule has 0 spiro atoms. The number of aromatic nitrogens is 3. The van der Waals surface area contributed by atoms with E-state index in [4.69, 9.17) is 11.6 Å². The number of pyridine rings is 1. The monoisotopic (exact) mass is 290 g/mol. The summed E-state index contributed by atoms with van der Waals surface area (Å²) in [6.07, 6.45) is -1.43. The molecule has 18 heavy (non-hydrogen) atoms. The molecule has 5 nitrogen and oxygen atoms in total. The summed E-state index contributed by atoms with van der Waals surface area (Å²) < 4.78 is 24.5. The lowest BCUT2D eigenvalue weighted by atomic mass is 10.3. The van der Waals surface area contributed by atoms with Crippen molar-refractivity contribution < 1.29 is 13.6 Å². The predicted octanol–water partition coefficient (Wildman–Crippen LogP) is 2.78. The van der Waals surface area contributed by atoms with Crippen LogP contribution < -0.4 is 5.32 Å². The molecule has 0 aliphatic heterocycles. The molecule has 2 aromatic heterocycles. The third-order valence-corrected chi connectivity index (χ3v) is 2.91. The van der Waals surface area contributed by atoms with Gasteiger partial charge in [0.25, 0.3) is 12.3 Å². The van der Waals surface area contributed by atoms with Gasteiger partial charge in [0, 0.05) is 6.20 Å². The molecule has 1 N–H and O–H groups in total. The molecule has 0 saturated heterocycles. The number of hydrogen-bond donors (Lipinski definition) is 1. The summed E-state index contributed by atoms with van der Waals surface area (Å²) in [7, 11) is 0. The number of rotatable bonds is 3. The average molecular weight is 291 g/mol. The Hall–Kier alpha value is -1.67. The number of nitrogens with zero attached hydrogens (tertiary/aromatic N) is 3. The van der Waals surface area contributed by atoms with Crippen molar-refractivity contribution in [1.29, 1.82) is 0 Å². The second kappa shape index (κ2) is 5.32. The summed E-state index contributed by atoms with van der Waals surface area (Å²) in [5, 5.41) is 8.83. The second-order valence-electron chi connectivity index (χ2n) is 3.07. The summed E-state index contributed by atoms with van der Waals surface area (Å²) in [6.45, 7) is 0. The van der Waals surface area contributed by atoms with Crippen molar-refractivity contribution in [2.75, 3.05) is 5.32 Å². The van der Waals surface area contributed by atoms with Crippen LogP contribution >= 0.6 is 22.9 Å². The number of nitrogens with one attached hydrogen (secondary N) is 1. The molecule has 0 bridgehead atoms. The molecule has 0 radical (unpaired) electrons. The Balaban J connectivity index is 2.08. The van der Waals surface area contributed by atoms with E-state index in [1.54, 1.807) is 0 Å². The summed E-state index contributed by atoms with van der Waals surface area (Å²) in [5.74, 6) is -0.517. The first kappa shape index (κ1) is 12.8. The maximum Gasteiger partial charge on any atom is 0.291 e. The molecule has 0 fully saturated rings. The van der Waals surface area contributed by atoms with E-state index in [2.05, 4.69) is 20.5 Å². The van der Waals surface area contributed by atoms with Crippen molar-refractivity contribution in [2.24, 2.45) is 0 Å². The van der Waals surface area contributed by atoms with Crippen LogP contribution in [0.4, 0.5) is 13.9 Å². The van der Waals surface area contributed by atoms with Crippen LogP contribution in [0.5, 0.6) is 0 Å². The van der Waals surface area contributed by atoms with Crippen molar-refractivity contribution in [1.82, 2.24) is 15.2 Å². The molecule has 0 aliphatic carbocycles. The fourth-order valence-electron chi connectivity index (χ4n) is 1.05. The summed E-state index contributed by atoms with van der Waals surface area (Å²) in [4.78, 5) is 15.4. The zero-order valence-corrected chi connectivity index (χ0v) is 10.2. The Labute approximate surface area is 109 Å². The van der Waals surface area contributed by atoms with Crippen LogP contribution in [0.15, 0.2) is 18.3 Å². The Morgan fingerprint density at radius 1 is 1.39 bits per heavy atom. The SMILES string of the molecule is O=C(Nc1nnc(C(F)F)s1)c1ccc(Cl)nc1. The van der Waals surface area contributed by atoms with E-state index in [-0.39, 0.29) is 15.8 Å². The molecule has 0 atom stereocenters. The average Bonchev–Trinajstić information content (AvgIpc) is 2.78. The number of alkyl halides is 2. The minimum atomic E-state index is -2.70. The molecule has 2 rings (SSSR count). The van der Waals surface area contributed by atoms with Gasteiger partial charge < -0.3 is 0 Å². The van der Waals surface area contributed by atoms with Crippen LogP contribution in [0.1, 0.15) is 21.8 Å². The Kier molecular flexibility index (Phi) is 3.78. The largest absolute Gasteiger partial charge is 0.296 e. The van der Waals surface area contributed by atoms with E-state index in [1.165, 1.54) is 18.3 Å². The molecule has 2 aromatic rings. The van der Waals surface area contributed by atoms with Crippen molar-refractivity contribution in [3.63, 3.8) is 0 Å². The number of carbonyl (C=O) groups is 1. The summed E-state index contributed by atoms with van der Waals surface area (Å²) >= 11 is 6.18. The molecule has 94 valence electrons. The van der Waals surface area contributed by atoms with Crippen LogP contribution in [0.25, 0.3) is 0 Å². The topological polar surface area (TPSA) is 67.8 Å². The van der Waals surface area contributed by atoms with E-state index in [1.807, 2.05) is 0 Å². The highest BCUT2D eigenvalue weighted by Gasteiger charge is 2.15. The van der Waals surface area contributed by atoms with Crippen molar-refractivity contribution >= 4 is 34.0 Å². The number of anilines is 1. The summed E-state index contributed by atoms with van der Waals surface area (Å²) in [5.41, 5.74) is 0.244. The van der Waals surface area contributed by atoms with Crippen LogP contribution in [0.3, 0.4) is 0 Å². The quantitative estimate of drug-likeness (QED) is 0.883. The molecule has 0 unspecified atom stereocenters. The smallest absolute Gasteiger partial charge is 0.291 e. The standard InChI is InChI=1S/C9H5ClF2N4OS/c10-5-2-1-4(3-13-5)7(17)14-9-16-15-8(18-9)6(11)12/h1-3,6H,(H,14,16,17). The van der Waals surface area contributed by atoms with Gasteiger partial charge >= 0.3 is 0 Å². The Bertz CT molecular complexity index is 560. The highest BCUT2D eigenvalue weighted by Crippen LogP contribution is 2.25. The zero-order valence-electron chi connectivity index (χ0n) is 8.60. The van der Waals surface area contributed by atoms with Gasteiger partial charge in [0.15, 0.2) is 5.01 Å². The third-order valence-electron chi connectivity index (χ3n) is 1.84. The lowest BCUT2D eigenvalue weighted by molar-refractivity contribution is 0.102. The molecule has 9 heteroatoms. The normalized spacial score (nSPS) is 10.7. The Morgan fingerprint density at radius 2 is 2.17 bits per heavy atom. The third kappa shape index (κ3) is 2.96. The fourth-order valence-corrected chi connectivity index (χ4v) is 1.76. The van der Waals surface area contributed by atoms with Gasteiger partial charge in [0.05, 0.1) is 5.56 Å². The molecule has 0 aromatic carbocycles. The van der Waals surface area contributed by atoms with Gasteiger partial charge in [0.2, 0.25) is 5.13 Å². The minimum absolute atomic E-state index is 0.00486. The van der Waals surface area contributed by atoms with Crippen molar-refractivity contribution in [2.45, 2.75) is 6.43 Å². The molecule has 0 aliphatic rings. The second-order valence-corrected chi connectivity index (χ2v) is 4.47. The molecule has 0 saturated carbocycles. The van der Waals surface area contributed by atoms with Gasteiger partial charge in [-0.2, -0.15) is 0 Å². The highest BCUT2D eigenvalue weighted by molar-refractivity contribution is 7.15. The van der Waals surface area contributed by atoms with Gasteiger partial charge in [-0.25, -0.2) is 13.8 Å². The predicted molar refractivity (Wildman–Crippen MR) is 62.1 cm³/mol. The van der Waals surface area contributed by atoms with Gasteiger partial charge in [-0.15, -0.1) is 10.2 Å². The van der Waals surface area contributed by atoms with Crippen LogP contribution in [0.2, 0.25) is 5.15 Å². The number of amides is 1. The van der Waals surface area contributed by atoms with Crippen molar-refractivity contribution in [3.05, 3.63) is 34.1 Å². The number of carbonyl (C=O) groups excluding carboxylic acids is 1. The van der Waals surface area contributed by atoms with E-state index < -0.39 is 17.3 Å². The molecule has 1 amide bonds. The lowest BCUT2D eigenvalue weighted by Crippen LogP contribution is -2.11. The molecular weight excluding hydrogens is 286 g/mol. The van der Waals surface area contributed by atoms with Gasteiger partial charge in [-0.1, -0.05) is 22.9 Å². The van der Waals surface area contributed by atoms with Crippen molar-refractivity contribution in [3.8, 4) is 0 Å². The minimum Gasteiger partial charge on any atom is -0.296 e.